The molecule has 0 aliphatic heterocycles. The number of pyridine rings is 1. The molecule has 2 rings (SSSR count). The van der Waals surface area contributed by atoms with Crippen molar-refractivity contribution in [2.75, 3.05) is 7.05 Å². The molecule has 108 valence electrons. The molecular weight excluding hydrogens is 244 g/mol. The summed E-state index contributed by atoms with van der Waals surface area (Å²) in [6, 6.07) is 11.1. The number of aryl methyl sites for hydroxylation is 1. The molecule has 0 saturated heterocycles. The Morgan fingerprint density at radius 2 is 2.00 bits per heavy atom. The maximum absolute atomic E-state index is 4.64. The lowest BCUT2D eigenvalue weighted by atomic mass is 9.91. The van der Waals surface area contributed by atoms with Gasteiger partial charge in [-0.3, -0.25) is 4.98 Å². The van der Waals surface area contributed by atoms with Gasteiger partial charge in [0.25, 0.3) is 0 Å². The lowest BCUT2D eigenvalue weighted by molar-refractivity contribution is 0.408. The molecule has 1 N–H and O–H groups in total. The average Bonchev–Trinajstić information content (AvgIpc) is 2.44. The topological polar surface area (TPSA) is 24.9 Å². The predicted molar refractivity (Wildman–Crippen MR) is 87.0 cm³/mol. The van der Waals surface area contributed by atoms with Crippen molar-refractivity contribution in [2.24, 2.45) is 5.92 Å². The van der Waals surface area contributed by atoms with Gasteiger partial charge in [-0.1, -0.05) is 44.9 Å². The number of para-hydroxylation sites is 1. The summed E-state index contributed by atoms with van der Waals surface area (Å²) in [5.74, 6) is 0.740. The quantitative estimate of drug-likeness (QED) is 0.827. The highest BCUT2D eigenvalue weighted by molar-refractivity contribution is 5.82. The number of fused-ring (bicyclic) bond motifs is 1. The molecule has 1 heterocycles. The van der Waals surface area contributed by atoms with Crippen molar-refractivity contribution >= 4 is 10.9 Å². The van der Waals surface area contributed by atoms with E-state index < -0.39 is 0 Å². The largest absolute Gasteiger partial charge is 0.313 e. The van der Waals surface area contributed by atoms with Crippen LogP contribution in [0.4, 0.5) is 0 Å². The standard InChI is InChI=1S/C18H26N2/c1-5-8-13(2)11-18(19-4)16-12-14(3)20-17-10-7-6-9-15(16)17/h6-7,9-10,12-13,18-19H,5,8,11H2,1-4H3. The minimum Gasteiger partial charge on any atom is -0.313 e. The summed E-state index contributed by atoms with van der Waals surface area (Å²) in [6.45, 7) is 6.69. The molecule has 1 aromatic heterocycles. The van der Waals surface area contributed by atoms with Crippen molar-refractivity contribution in [1.29, 1.82) is 0 Å². The van der Waals surface area contributed by atoms with E-state index >= 15 is 0 Å². The van der Waals surface area contributed by atoms with Gasteiger partial charge in [-0.15, -0.1) is 0 Å². The van der Waals surface area contributed by atoms with Gasteiger partial charge in [0.2, 0.25) is 0 Å². The first-order chi connectivity index (χ1) is 9.65. The number of hydrogen-bond acceptors (Lipinski definition) is 2. The third kappa shape index (κ3) is 3.37. The summed E-state index contributed by atoms with van der Waals surface area (Å²) in [6.07, 6.45) is 3.73. The van der Waals surface area contributed by atoms with Gasteiger partial charge in [0.15, 0.2) is 0 Å². The van der Waals surface area contributed by atoms with E-state index in [9.17, 15) is 0 Å². The average molecular weight is 270 g/mol. The van der Waals surface area contributed by atoms with Gasteiger partial charge in [0.1, 0.15) is 0 Å². The summed E-state index contributed by atoms with van der Waals surface area (Å²) in [4.78, 5) is 4.64. The molecule has 0 aliphatic carbocycles. The van der Waals surface area contributed by atoms with Crippen LogP contribution in [-0.2, 0) is 0 Å². The highest BCUT2D eigenvalue weighted by atomic mass is 14.9. The molecule has 2 nitrogen and oxygen atoms in total. The molecule has 0 amide bonds. The fourth-order valence-electron chi connectivity index (χ4n) is 3.04. The molecule has 0 saturated carbocycles. The number of rotatable bonds is 6. The molecule has 0 fully saturated rings. The first kappa shape index (κ1) is 15.0. The molecule has 0 radical (unpaired) electrons. The fourth-order valence-corrected chi connectivity index (χ4v) is 3.04. The number of aromatic nitrogens is 1. The number of nitrogens with one attached hydrogen (secondary N) is 1. The first-order valence-corrected chi connectivity index (χ1v) is 7.69. The second-order valence-corrected chi connectivity index (χ2v) is 5.84. The second-order valence-electron chi connectivity index (χ2n) is 5.84. The molecule has 20 heavy (non-hydrogen) atoms. The third-order valence-electron chi connectivity index (χ3n) is 4.02. The summed E-state index contributed by atoms with van der Waals surface area (Å²) < 4.78 is 0. The van der Waals surface area contributed by atoms with Crippen LogP contribution in [-0.4, -0.2) is 12.0 Å². The minimum absolute atomic E-state index is 0.406. The number of nitrogens with zero attached hydrogens (tertiary/aromatic N) is 1. The Morgan fingerprint density at radius 1 is 1.25 bits per heavy atom. The van der Waals surface area contributed by atoms with Gasteiger partial charge in [-0.05, 0) is 44.0 Å². The van der Waals surface area contributed by atoms with E-state index in [-0.39, 0.29) is 0 Å². The number of hydrogen-bond donors (Lipinski definition) is 1. The minimum atomic E-state index is 0.406. The highest BCUT2D eigenvalue weighted by Gasteiger charge is 2.16. The van der Waals surface area contributed by atoms with E-state index in [0.717, 1.165) is 17.1 Å². The van der Waals surface area contributed by atoms with Gasteiger partial charge >= 0.3 is 0 Å². The van der Waals surface area contributed by atoms with Crippen molar-refractivity contribution in [3.05, 3.63) is 41.6 Å². The SMILES string of the molecule is CCCC(C)CC(NC)c1cc(C)nc2ccccc12. The Morgan fingerprint density at radius 3 is 2.70 bits per heavy atom. The normalized spacial score (nSPS) is 14.4. The van der Waals surface area contributed by atoms with Crippen molar-refractivity contribution in [3.8, 4) is 0 Å². The van der Waals surface area contributed by atoms with E-state index in [1.54, 1.807) is 0 Å². The van der Waals surface area contributed by atoms with Crippen LogP contribution in [0.3, 0.4) is 0 Å². The Bertz CT molecular complexity index is 562. The van der Waals surface area contributed by atoms with Gasteiger partial charge in [-0.2, -0.15) is 0 Å². The van der Waals surface area contributed by atoms with Gasteiger partial charge in [0, 0.05) is 17.1 Å². The Balaban J connectivity index is 2.38. The van der Waals surface area contributed by atoms with E-state index in [0.29, 0.717) is 6.04 Å². The van der Waals surface area contributed by atoms with Crippen LogP contribution >= 0.6 is 0 Å². The lowest BCUT2D eigenvalue weighted by Crippen LogP contribution is -2.19. The smallest absolute Gasteiger partial charge is 0.0708 e. The van der Waals surface area contributed by atoms with E-state index in [4.69, 9.17) is 0 Å². The van der Waals surface area contributed by atoms with E-state index in [2.05, 4.69) is 68.5 Å². The predicted octanol–water partition coefficient (Wildman–Crippen LogP) is 4.63. The lowest BCUT2D eigenvalue weighted by Gasteiger charge is -2.22. The molecule has 2 unspecified atom stereocenters. The van der Waals surface area contributed by atoms with Crippen LogP contribution in [0.5, 0.6) is 0 Å². The summed E-state index contributed by atoms with van der Waals surface area (Å²) >= 11 is 0. The first-order valence-electron chi connectivity index (χ1n) is 7.69. The van der Waals surface area contributed by atoms with Crippen LogP contribution in [0, 0.1) is 12.8 Å². The Labute approximate surface area is 122 Å². The molecule has 0 bridgehead atoms. The Hall–Kier alpha value is -1.41. The highest BCUT2D eigenvalue weighted by Crippen LogP contribution is 2.29. The van der Waals surface area contributed by atoms with Crippen molar-refractivity contribution in [1.82, 2.24) is 10.3 Å². The fraction of sp³-hybridized carbons (Fsp3) is 0.500. The molecule has 2 heteroatoms. The monoisotopic (exact) mass is 270 g/mol. The summed E-state index contributed by atoms with van der Waals surface area (Å²) in [5.41, 5.74) is 3.59. The molecule has 1 aromatic carbocycles. The summed E-state index contributed by atoms with van der Waals surface area (Å²) in [7, 11) is 2.06. The zero-order valence-corrected chi connectivity index (χ0v) is 13.1. The maximum Gasteiger partial charge on any atom is 0.0708 e. The molecule has 2 aromatic rings. The van der Waals surface area contributed by atoms with Crippen LogP contribution in [0.25, 0.3) is 10.9 Å². The second kappa shape index (κ2) is 6.85. The molecular formula is C18H26N2. The zero-order valence-electron chi connectivity index (χ0n) is 13.1. The zero-order chi connectivity index (χ0) is 14.5. The Kier molecular flexibility index (Phi) is 5.13. The van der Waals surface area contributed by atoms with Gasteiger partial charge in [-0.25, -0.2) is 0 Å². The van der Waals surface area contributed by atoms with Gasteiger partial charge < -0.3 is 5.32 Å². The van der Waals surface area contributed by atoms with Crippen LogP contribution in [0.1, 0.15) is 50.4 Å². The van der Waals surface area contributed by atoms with Crippen LogP contribution < -0.4 is 5.32 Å². The van der Waals surface area contributed by atoms with Crippen LogP contribution in [0.2, 0.25) is 0 Å². The van der Waals surface area contributed by atoms with Crippen LogP contribution in [0.15, 0.2) is 30.3 Å². The van der Waals surface area contributed by atoms with Crippen molar-refractivity contribution < 1.29 is 0 Å². The van der Waals surface area contributed by atoms with Crippen molar-refractivity contribution in [2.45, 2.75) is 46.1 Å². The third-order valence-corrected chi connectivity index (χ3v) is 4.02. The molecule has 2 atom stereocenters. The van der Waals surface area contributed by atoms with E-state index in [1.807, 2.05) is 0 Å². The maximum atomic E-state index is 4.64. The van der Waals surface area contributed by atoms with Gasteiger partial charge in [0.05, 0.1) is 5.52 Å². The van der Waals surface area contributed by atoms with Crippen molar-refractivity contribution in [3.63, 3.8) is 0 Å². The molecule has 0 aliphatic rings. The summed E-state index contributed by atoms with van der Waals surface area (Å²) in [5, 5.41) is 4.78. The number of benzene rings is 1. The molecule has 0 spiro atoms. The van der Waals surface area contributed by atoms with E-state index in [1.165, 1.54) is 30.2 Å².